The van der Waals surface area contributed by atoms with Crippen molar-refractivity contribution in [3.8, 4) is 17.2 Å². The number of nitrogens with zero attached hydrogens (tertiary/aromatic N) is 4. The number of aliphatic hydroxyl groups excluding tert-OH is 3. The van der Waals surface area contributed by atoms with Crippen LogP contribution in [0.5, 0.6) is 17.2 Å². The highest BCUT2D eigenvalue weighted by molar-refractivity contribution is 5.82. The van der Waals surface area contributed by atoms with Gasteiger partial charge < -0.3 is 40.3 Å². The summed E-state index contributed by atoms with van der Waals surface area (Å²) in [7, 11) is 1.40. The van der Waals surface area contributed by atoms with Gasteiger partial charge in [0.05, 0.1) is 25.6 Å². The molecule has 4 atom stereocenters. The molecule has 0 spiro atoms. The maximum atomic E-state index is 10.3. The molecule has 3 aromatic rings. The van der Waals surface area contributed by atoms with Crippen LogP contribution in [0.2, 0.25) is 0 Å². The Hall–Kier alpha value is -3.19. The number of aliphatic hydroxyl groups is 3. The maximum absolute atomic E-state index is 10.3. The van der Waals surface area contributed by atoms with Crippen LogP contribution in [-0.4, -0.2) is 77.1 Å². The summed E-state index contributed by atoms with van der Waals surface area (Å²) in [6, 6.07) is 2.85. The second-order valence-corrected chi connectivity index (χ2v) is 6.74. The second kappa shape index (κ2) is 7.91. The molecule has 1 saturated heterocycles. The molecule has 1 unspecified atom stereocenters. The van der Waals surface area contributed by atoms with E-state index in [4.69, 9.17) is 9.47 Å². The first-order chi connectivity index (χ1) is 14.5. The zero-order chi connectivity index (χ0) is 21.4. The summed E-state index contributed by atoms with van der Waals surface area (Å²) in [5.41, 5.74) is 0.877. The SMILES string of the molecule is COc1ccc(O)c(CNc2ncnc3c2ncn3C2O[C@H](CO)[C@@H](O)[C@H]2O)c1O. The van der Waals surface area contributed by atoms with Gasteiger partial charge >= 0.3 is 0 Å². The van der Waals surface area contributed by atoms with Gasteiger partial charge in [-0.15, -0.1) is 0 Å². The number of anilines is 1. The van der Waals surface area contributed by atoms with Crippen LogP contribution < -0.4 is 10.1 Å². The number of rotatable bonds is 6. The van der Waals surface area contributed by atoms with Gasteiger partial charge in [0, 0.05) is 6.54 Å². The third-order valence-electron chi connectivity index (χ3n) is 5.02. The summed E-state index contributed by atoms with van der Waals surface area (Å²) in [5, 5.41) is 52.8. The average Bonchev–Trinajstić information content (AvgIpc) is 3.29. The van der Waals surface area contributed by atoms with Crippen LogP contribution in [-0.2, 0) is 11.3 Å². The molecule has 0 amide bonds. The fraction of sp³-hybridized carbons (Fsp3) is 0.389. The number of aromatic nitrogens is 4. The highest BCUT2D eigenvalue weighted by atomic mass is 16.6. The fourth-order valence-electron chi connectivity index (χ4n) is 3.39. The van der Waals surface area contributed by atoms with E-state index in [1.807, 2.05) is 0 Å². The molecule has 1 fully saturated rings. The Kier molecular flexibility index (Phi) is 5.30. The van der Waals surface area contributed by atoms with Gasteiger partial charge in [0.25, 0.3) is 0 Å². The fourth-order valence-corrected chi connectivity index (χ4v) is 3.39. The van der Waals surface area contributed by atoms with Crippen molar-refractivity contribution < 1.29 is 35.0 Å². The predicted octanol–water partition coefficient (Wildman–Crippen LogP) is -0.530. The van der Waals surface area contributed by atoms with Gasteiger partial charge in [-0.25, -0.2) is 15.0 Å². The Morgan fingerprint density at radius 3 is 2.67 bits per heavy atom. The molecule has 2 aromatic heterocycles. The van der Waals surface area contributed by atoms with E-state index in [0.717, 1.165) is 0 Å². The van der Waals surface area contributed by atoms with E-state index in [1.165, 1.54) is 36.5 Å². The molecule has 3 heterocycles. The number of nitrogens with one attached hydrogen (secondary N) is 1. The summed E-state index contributed by atoms with van der Waals surface area (Å²) >= 11 is 0. The van der Waals surface area contributed by atoms with Gasteiger partial charge in [0.1, 0.15) is 30.4 Å². The molecule has 1 aliphatic heterocycles. The van der Waals surface area contributed by atoms with Gasteiger partial charge in [-0.3, -0.25) is 4.57 Å². The standard InChI is InChI=1S/C18H21N5O7/c1-29-10-3-2-9(25)8(13(10)26)4-19-16-12-17(21-6-20-16)23(7-22-12)18-15(28)14(27)11(5-24)30-18/h2-3,6-7,11,14-15,18,24-28H,4-5H2,1H3,(H,19,20,21)/t11-,14-,15-,18?/m1/s1. The van der Waals surface area contributed by atoms with E-state index in [0.29, 0.717) is 17.0 Å². The molecular weight excluding hydrogens is 398 g/mol. The van der Waals surface area contributed by atoms with Crippen LogP contribution in [0.25, 0.3) is 11.2 Å². The summed E-state index contributed by atoms with van der Waals surface area (Å²) in [4.78, 5) is 12.6. The number of phenols is 2. The quantitative estimate of drug-likeness (QED) is 0.303. The van der Waals surface area contributed by atoms with Crippen LogP contribution in [0.1, 0.15) is 11.8 Å². The normalized spacial score (nSPS) is 23.7. The average molecular weight is 419 g/mol. The Morgan fingerprint density at radius 2 is 1.97 bits per heavy atom. The third kappa shape index (κ3) is 3.25. The highest BCUT2D eigenvalue weighted by Crippen LogP contribution is 2.36. The molecule has 0 saturated carbocycles. The zero-order valence-corrected chi connectivity index (χ0v) is 15.9. The van der Waals surface area contributed by atoms with Crippen molar-refractivity contribution in [2.75, 3.05) is 19.0 Å². The topological polar surface area (TPSA) is 175 Å². The third-order valence-corrected chi connectivity index (χ3v) is 5.02. The molecule has 12 nitrogen and oxygen atoms in total. The van der Waals surface area contributed by atoms with Crippen LogP contribution >= 0.6 is 0 Å². The largest absolute Gasteiger partial charge is 0.507 e. The van der Waals surface area contributed by atoms with Crippen molar-refractivity contribution in [2.45, 2.75) is 31.1 Å². The number of fused-ring (bicyclic) bond motifs is 1. The Morgan fingerprint density at radius 1 is 1.17 bits per heavy atom. The lowest BCUT2D eigenvalue weighted by atomic mass is 10.1. The first kappa shape index (κ1) is 20.1. The van der Waals surface area contributed by atoms with E-state index >= 15 is 0 Å². The molecule has 30 heavy (non-hydrogen) atoms. The van der Waals surface area contributed by atoms with E-state index < -0.39 is 31.1 Å². The minimum absolute atomic E-state index is 0.0156. The molecule has 0 aliphatic carbocycles. The lowest BCUT2D eigenvalue weighted by Gasteiger charge is -2.16. The molecule has 0 bridgehead atoms. The van der Waals surface area contributed by atoms with Crippen molar-refractivity contribution in [1.82, 2.24) is 19.5 Å². The van der Waals surface area contributed by atoms with Crippen molar-refractivity contribution in [2.24, 2.45) is 0 Å². The summed E-state index contributed by atoms with van der Waals surface area (Å²) in [5.74, 6) is 0.202. The molecular formula is C18H21N5O7. The lowest BCUT2D eigenvalue weighted by Crippen LogP contribution is -2.33. The van der Waals surface area contributed by atoms with Gasteiger partial charge in [0.15, 0.2) is 34.7 Å². The molecule has 160 valence electrons. The molecule has 1 aliphatic rings. The van der Waals surface area contributed by atoms with Crippen LogP contribution in [0.3, 0.4) is 0 Å². The van der Waals surface area contributed by atoms with E-state index in [1.54, 1.807) is 0 Å². The highest BCUT2D eigenvalue weighted by Gasteiger charge is 2.44. The van der Waals surface area contributed by atoms with E-state index in [9.17, 15) is 25.5 Å². The Bertz CT molecular complexity index is 1060. The van der Waals surface area contributed by atoms with Crippen molar-refractivity contribution in [1.29, 1.82) is 0 Å². The van der Waals surface area contributed by atoms with E-state index in [-0.39, 0.29) is 29.4 Å². The maximum Gasteiger partial charge on any atom is 0.167 e. The number of aromatic hydroxyl groups is 2. The van der Waals surface area contributed by atoms with Gasteiger partial charge in [-0.2, -0.15) is 0 Å². The predicted molar refractivity (Wildman–Crippen MR) is 102 cm³/mol. The monoisotopic (exact) mass is 419 g/mol. The lowest BCUT2D eigenvalue weighted by molar-refractivity contribution is -0.0511. The number of hydrogen-bond donors (Lipinski definition) is 6. The minimum atomic E-state index is -1.28. The summed E-state index contributed by atoms with van der Waals surface area (Å²) in [6.07, 6.45) is -1.80. The first-order valence-electron chi connectivity index (χ1n) is 9.08. The van der Waals surface area contributed by atoms with Crippen molar-refractivity contribution >= 4 is 17.0 Å². The number of hydrogen-bond acceptors (Lipinski definition) is 11. The summed E-state index contributed by atoms with van der Waals surface area (Å²) in [6.45, 7) is -0.432. The number of methoxy groups -OCH3 is 1. The van der Waals surface area contributed by atoms with Crippen LogP contribution in [0.4, 0.5) is 5.82 Å². The molecule has 4 rings (SSSR count). The number of imidazole rings is 1. The number of benzene rings is 1. The smallest absolute Gasteiger partial charge is 0.167 e. The van der Waals surface area contributed by atoms with E-state index in [2.05, 4.69) is 20.3 Å². The molecule has 6 N–H and O–H groups in total. The number of phenolic OH excluding ortho intramolecular Hbond substituents is 2. The second-order valence-electron chi connectivity index (χ2n) is 6.74. The van der Waals surface area contributed by atoms with Crippen LogP contribution in [0.15, 0.2) is 24.8 Å². The van der Waals surface area contributed by atoms with Crippen molar-refractivity contribution in [3.63, 3.8) is 0 Å². The van der Waals surface area contributed by atoms with Gasteiger partial charge in [0.2, 0.25) is 0 Å². The van der Waals surface area contributed by atoms with Crippen LogP contribution in [0, 0.1) is 0 Å². The van der Waals surface area contributed by atoms with Gasteiger partial charge in [-0.05, 0) is 12.1 Å². The zero-order valence-electron chi connectivity index (χ0n) is 15.9. The van der Waals surface area contributed by atoms with Gasteiger partial charge in [-0.1, -0.05) is 0 Å². The first-order valence-corrected chi connectivity index (χ1v) is 9.08. The summed E-state index contributed by atoms with van der Waals surface area (Å²) < 4.78 is 12.0. The Labute approximate surface area is 170 Å². The minimum Gasteiger partial charge on any atom is -0.507 e. The number of ether oxygens (including phenoxy) is 2. The Balaban J connectivity index is 1.62. The molecule has 0 radical (unpaired) electrons. The molecule has 1 aromatic carbocycles. The van der Waals surface area contributed by atoms with Crippen molar-refractivity contribution in [3.05, 3.63) is 30.4 Å². The molecule has 12 heteroatoms.